The zero-order valence-corrected chi connectivity index (χ0v) is 22.2. The number of halogens is 2. The van der Waals surface area contributed by atoms with Crippen molar-refractivity contribution in [2.24, 2.45) is 28.6 Å². The van der Waals surface area contributed by atoms with E-state index in [4.69, 9.17) is 4.84 Å². The molecule has 0 spiro atoms. The molecule has 1 N–H and O–H groups in total. The van der Waals surface area contributed by atoms with E-state index in [-0.39, 0.29) is 29.2 Å². The van der Waals surface area contributed by atoms with E-state index in [9.17, 15) is 19.1 Å². The third kappa shape index (κ3) is 3.09. The number of carbonyl (C=O) groups is 2. The minimum atomic E-state index is -1.98. The number of hydrogen-bond acceptors (Lipinski definition) is 6. The minimum absolute atomic E-state index is 0.0200. The van der Waals surface area contributed by atoms with Crippen LogP contribution < -0.4 is 5.06 Å². The Hall–Kier alpha value is -2.03. The van der Waals surface area contributed by atoms with Gasteiger partial charge in [0.05, 0.1) is 18.3 Å². The van der Waals surface area contributed by atoms with Gasteiger partial charge in [-0.25, -0.2) is 8.78 Å². The Morgan fingerprint density at radius 3 is 2.68 bits per heavy atom. The van der Waals surface area contributed by atoms with Crippen molar-refractivity contribution in [1.29, 1.82) is 0 Å². The van der Waals surface area contributed by atoms with E-state index in [1.165, 1.54) is 12.2 Å². The summed E-state index contributed by atoms with van der Waals surface area (Å²) in [6.07, 6.45) is 4.80. The van der Waals surface area contributed by atoms with Crippen LogP contribution in [0.3, 0.4) is 0 Å². The Labute approximate surface area is 220 Å². The smallest absolute Gasteiger partial charge is 0.226 e. The first kappa shape index (κ1) is 25.3. The lowest BCUT2D eigenvalue weighted by Gasteiger charge is -2.62. The molecule has 4 fully saturated rings. The van der Waals surface area contributed by atoms with E-state index < -0.39 is 40.1 Å². The summed E-state index contributed by atoms with van der Waals surface area (Å²) in [4.78, 5) is 32.4. The standard InChI is InChI=1S/C29H33F2NO4S/c1-17-4-7-20(8-5-17)32-15-19-13-23-22-9-6-18-12-21(33)10-11-26(18,2)28(22,31)24(34)14-27(23,3)29(19,36-32)25(35)37-16-30/h4-5,7-8,10-12,19,22-24,34H,6,9,13-16H2,1-3H3/t19-,22-,23-,24-,26-,27-,28-,29-/m0/s1. The molecule has 6 rings (SSSR count). The summed E-state index contributed by atoms with van der Waals surface area (Å²) in [5.41, 5.74) is -2.70. The van der Waals surface area contributed by atoms with Crippen LogP contribution in [0.4, 0.5) is 14.5 Å². The van der Waals surface area contributed by atoms with Gasteiger partial charge in [0, 0.05) is 22.7 Å². The van der Waals surface area contributed by atoms with Crippen LogP contribution in [0, 0.1) is 35.5 Å². The van der Waals surface area contributed by atoms with Crippen LogP contribution in [0.2, 0.25) is 0 Å². The number of thioether (sulfide) groups is 1. The molecule has 1 aliphatic heterocycles. The van der Waals surface area contributed by atoms with E-state index in [1.807, 2.05) is 38.1 Å². The van der Waals surface area contributed by atoms with Gasteiger partial charge < -0.3 is 5.11 Å². The van der Waals surface area contributed by atoms with Crippen molar-refractivity contribution >= 4 is 28.3 Å². The van der Waals surface area contributed by atoms with Crippen molar-refractivity contribution in [3.8, 4) is 0 Å². The number of hydroxylamine groups is 1. The Morgan fingerprint density at radius 1 is 1.24 bits per heavy atom. The molecule has 0 bridgehead atoms. The summed E-state index contributed by atoms with van der Waals surface area (Å²) in [7, 11) is 0. The van der Waals surface area contributed by atoms with Gasteiger partial charge in [-0.15, -0.1) is 0 Å². The van der Waals surface area contributed by atoms with Crippen LogP contribution in [0.15, 0.2) is 48.1 Å². The molecule has 5 aliphatic rings. The van der Waals surface area contributed by atoms with Crippen molar-refractivity contribution in [2.45, 2.75) is 63.8 Å². The normalized spacial score (nSPS) is 44.1. The number of aliphatic hydroxyl groups excluding tert-OH is 1. The number of aryl methyl sites for hydroxylation is 1. The number of anilines is 1. The summed E-state index contributed by atoms with van der Waals surface area (Å²) >= 11 is 0.607. The molecule has 0 radical (unpaired) electrons. The molecule has 3 saturated carbocycles. The van der Waals surface area contributed by atoms with Gasteiger partial charge in [-0.05, 0) is 69.7 Å². The zero-order valence-electron chi connectivity index (χ0n) is 21.4. The Kier molecular flexibility index (Phi) is 5.62. The number of allylic oxidation sites excluding steroid dienone is 4. The maximum Gasteiger partial charge on any atom is 0.226 e. The van der Waals surface area contributed by atoms with Crippen molar-refractivity contribution in [3.63, 3.8) is 0 Å². The van der Waals surface area contributed by atoms with Crippen molar-refractivity contribution < 1.29 is 28.3 Å². The molecular weight excluding hydrogens is 496 g/mol. The fraction of sp³-hybridized carbons (Fsp3) is 0.586. The first-order valence-electron chi connectivity index (χ1n) is 13.1. The van der Waals surface area contributed by atoms with Gasteiger partial charge in [0.2, 0.25) is 5.12 Å². The molecule has 1 aromatic carbocycles. The van der Waals surface area contributed by atoms with Crippen molar-refractivity contribution in [1.82, 2.24) is 0 Å². The van der Waals surface area contributed by atoms with Gasteiger partial charge >= 0.3 is 0 Å². The molecule has 1 saturated heterocycles. The molecule has 37 heavy (non-hydrogen) atoms. The molecule has 1 heterocycles. The molecular formula is C29H33F2NO4S. The third-order valence-corrected chi connectivity index (χ3v) is 11.1. The number of rotatable bonds is 3. The summed E-state index contributed by atoms with van der Waals surface area (Å²) in [6.45, 7) is 6.15. The monoisotopic (exact) mass is 529 g/mol. The summed E-state index contributed by atoms with van der Waals surface area (Å²) in [5, 5.41) is 13.0. The van der Waals surface area contributed by atoms with Gasteiger partial charge in [0.15, 0.2) is 17.1 Å². The fourth-order valence-corrected chi connectivity index (χ4v) is 9.37. The first-order valence-corrected chi connectivity index (χ1v) is 14.1. The fourth-order valence-electron chi connectivity index (χ4n) is 8.62. The largest absolute Gasteiger partial charge is 0.390 e. The highest BCUT2D eigenvalue weighted by Crippen LogP contribution is 2.73. The first-order chi connectivity index (χ1) is 17.5. The Bertz CT molecular complexity index is 1220. The maximum absolute atomic E-state index is 17.4. The molecule has 0 unspecified atom stereocenters. The number of ketones is 1. The van der Waals surface area contributed by atoms with Crippen LogP contribution in [0.5, 0.6) is 0 Å². The number of carbonyl (C=O) groups excluding carboxylic acids is 2. The number of alkyl halides is 2. The second-order valence-corrected chi connectivity index (χ2v) is 12.8. The van der Waals surface area contributed by atoms with Crippen molar-refractivity contribution in [3.05, 3.63) is 53.6 Å². The topological polar surface area (TPSA) is 66.8 Å². The number of nitrogens with zero attached hydrogens (tertiary/aromatic N) is 1. The Balaban J connectivity index is 1.43. The second-order valence-electron chi connectivity index (χ2n) is 12.0. The van der Waals surface area contributed by atoms with Crippen LogP contribution in [-0.4, -0.2) is 45.9 Å². The third-order valence-electron chi connectivity index (χ3n) is 10.4. The SMILES string of the molecule is Cc1ccc(N2C[C@@H]3C[C@H]4[C@@H]5CCC6=CC(=O)C=C[C@]6(C)[C@@]5(F)[C@@H](O)C[C@]4(C)[C@]3(C(=O)SCF)O2)cc1. The zero-order chi connectivity index (χ0) is 26.4. The predicted octanol–water partition coefficient (Wildman–Crippen LogP) is 5.27. The molecule has 4 aliphatic carbocycles. The van der Waals surface area contributed by atoms with E-state index >= 15 is 4.39 Å². The van der Waals surface area contributed by atoms with E-state index in [2.05, 4.69) is 0 Å². The average molecular weight is 530 g/mol. The number of fused-ring (bicyclic) bond motifs is 7. The summed E-state index contributed by atoms with van der Waals surface area (Å²) in [6, 6.07) is 6.95. The van der Waals surface area contributed by atoms with Gasteiger partial charge in [-0.3, -0.25) is 19.5 Å². The highest BCUT2D eigenvalue weighted by atomic mass is 32.2. The van der Waals surface area contributed by atoms with Gasteiger partial charge in [0.1, 0.15) is 6.01 Å². The van der Waals surface area contributed by atoms with Gasteiger partial charge in [-0.2, -0.15) is 0 Å². The van der Waals surface area contributed by atoms with Crippen LogP contribution in [0.1, 0.15) is 45.1 Å². The number of benzene rings is 1. The highest BCUT2D eigenvalue weighted by Gasteiger charge is 2.79. The van der Waals surface area contributed by atoms with Gasteiger partial charge in [0.25, 0.3) is 0 Å². The Morgan fingerprint density at radius 2 is 1.97 bits per heavy atom. The lowest BCUT2D eigenvalue weighted by Crippen LogP contribution is -2.69. The van der Waals surface area contributed by atoms with E-state index in [1.54, 1.807) is 18.1 Å². The molecule has 5 nitrogen and oxygen atoms in total. The molecule has 198 valence electrons. The van der Waals surface area contributed by atoms with E-state index in [0.29, 0.717) is 37.6 Å². The predicted molar refractivity (Wildman–Crippen MR) is 138 cm³/mol. The molecule has 8 heteroatoms. The van der Waals surface area contributed by atoms with Crippen LogP contribution >= 0.6 is 11.8 Å². The van der Waals surface area contributed by atoms with E-state index in [0.717, 1.165) is 16.8 Å². The number of hydrogen-bond donors (Lipinski definition) is 1. The van der Waals surface area contributed by atoms with Gasteiger partial charge in [-0.1, -0.05) is 48.0 Å². The summed E-state index contributed by atoms with van der Waals surface area (Å²) < 4.78 is 31.0. The second kappa shape index (κ2) is 8.23. The van der Waals surface area contributed by atoms with Crippen LogP contribution in [0.25, 0.3) is 0 Å². The molecule has 1 aromatic rings. The lowest BCUT2D eigenvalue weighted by molar-refractivity contribution is -0.220. The molecule has 0 amide bonds. The molecule has 0 aromatic heterocycles. The lowest BCUT2D eigenvalue weighted by atomic mass is 9.45. The number of aliphatic hydroxyl groups is 1. The maximum atomic E-state index is 17.4. The van der Waals surface area contributed by atoms with Crippen molar-refractivity contribution in [2.75, 3.05) is 17.6 Å². The highest BCUT2D eigenvalue weighted by molar-refractivity contribution is 8.13. The quantitative estimate of drug-likeness (QED) is 0.576. The van der Waals surface area contributed by atoms with Crippen LogP contribution in [-0.2, 0) is 14.4 Å². The summed E-state index contributed by atoms with van der Waals surface area (Å²) in [5.74, 6) is -1.18. The minimum Gasteiger partial charge on any atom is -0.390 e. The molecule has 8 atom stereocenters. The average Bonchev–Trinajstić information content (AvgIpc) is 3.35.